The van der Waals surface area contributed by atoms with E-state index in [1.807, 2.05) is 0 Å². The van der Waals surface area contributed by atoms with Crippen LogP contribution in [0.5, 0.6) is 0 Å². The van der Waals surface area contributed by atoms with Crippen LogP contribution in [0.3, 0.4) is 0 Å². The smallest absolute Gasteiger partial charge is 0.249 e. The number of halogens is 1. The van der Waals surface area contributed by atoms with Crippen molar-refractivity contribution in [2.24, 2.45) is 9.81 Å². The molecule has 40 valence electrons. The average molecular weight is 207 g/mol. The molecule has 0 saturated heterocycles. The first kappa shape index (κ1) is 8.14. The summed E-state index contributed by atoms with van der Waals surface area (Å²) in [6.45, 7) is 0. The number of nitrogens with zero attached hydrogens (tertiary/aromatic N) is 2. The molecule has 6 heteroatoms. The lowest BCUT2D eigenvalue weighted by Gasteiger charge is -1.77. The molecule has 0 unspecified atom stereocenters. The summed E-state index contributed by atoms with van der Waals surface area (Å²) in [4.78, 5) is 7.00. The summed E-state index contributed by atoms with van der Waals surface area (Å²) < 4.78 is 0. The molecule has 0 spiro atoms. The highest BCUT2D eigenvalue weighted by Gasteiger charge is 2.01. The molecule has 0 aliphatic heterocycles. The molecule has 0 aromatic heterocycles. The first-order valence-corrected chi connectivity index (χ1v) is 3.32. The molecule has 0 N–H and O–H groups in total. The van der Waals surface area contributed by atoms with Gasteiger partial charge in [-0.1, -0.05) is 15.8 Å². The van der Waals surface area contributed by atoms with Crippen molar-refractivity contribution in [3.05, 3.63) is 0 Å². The molecule has 0 radical (unpaired) electrons. The van der Waals surface area contributed by atoms with Gasteiger partial charge in [0.25, 0.3) is 0 Å². The molecule has 0 aromatic rings. The third kappa shape index (κ3) is 4.31. The van der Waals surface area contributed by atoms with Crippen LogP contribution in [0.4, 0.5) is 0 Å². The molecule has 0 atom stereocenters. The highest BCUT2D eigenvalue weighted by atomic mass is 79.9. The Morgan fingerprint density at radius 1 is 1.25 bits per heavy atom. The van der Waals surface area contributed by atoms with Crippen LogP contribution in [0.25, 0.3) is 0 Å². The van der Waals surface area contributed by atoms with Crippen LogP contribution in [0, 0.1) is 0 Å². The zero-order valence-electron chi connectivity index (χ0n) is 3.67. The standard InChI is InChI=1S/C2BBrN2S2/c4-3(5-1-7)6-2-8. The first-order chi connectivity index (χ1) is 3.81. The lowest BCUT2D eigenvalue weighted by atomic mass is 10.2. The average Bonchev–Trinajstić information content (AvgIpc) is 1.68. The SMILES string of the molecule is S=C=NB(Br)N=C=S. The molecule has 0 heterocycles. The quantitative estimate of drug-likeness (QED) is 0.390. The van der Waals surface area contributed by atoms with E-state index in [2.05, 4.69) is 60.3 Å². The van der Waals surface area contributed by atoms with Gasteiger partial charge in [0, 0.05) is 10.3 Å². The summed E-state index contributed by atoms with van der Waals surface area (Å²) in [5.74, 6) is -0.405. The van der Waals surface area contributed by atoms with Gasteiger partial charge in [0.05, 0.1) is 0 Å². The van der Waals surface area contributed by atoms with Gasteiger partial charge < -0.3 is 0 Å². The maximum absolute atomic E-state index is 4.27. The predicted octanol–water partition coefficient (Wildman–Crippen LogP) is 1.57. The number of rotatable bonds is 2. The summed E-state index contributed by atoms with van der Waals surface area (Å²) in [7, 11) is 0. The summed E-state index contributed by atoms with van der Waals surface area (Å²) >= 11 is 11.6. The van der Waals surface area contributed by atoms with Crippen molar-refractivity contribution in [1.82, 2.24) is 0 Å². The normalized spacial score (nSPS) is 6.12. The van der Waals surface area contributed by atoms with E-state index in [1.165, 1.54) is 0 Å². The van der Waals surface area contributed by atoms with E-state index < -0.39 is 5.81 Å². The molecular formula is C2BBrN2S2. The van der Waals surface area contributed by atoms with Crippen molar-refractivity contribution in [2.75, 3.05) is 0 Å². The van der Waals surface area contributed by atoms with Crippen LogP contribution in [0.1, 0.15) is 0 Å². The first-order valence-electron chi connectivity index (χ1n) is 1.59. The van der Waals surface area contributed by atoms with E-state index in [4.69, 9.17) is 0 Å². The third-order valence-corrected chi connectivity index (χ3v) is 0.939. The van der Waals surface area contributed by atoms with Crippen molar-refractivity contribution < 1.29 is 0 Å². The van der Waals surface area contributed by atoms with E-state index >= 15 is 0 Å². The van der Waals surface area contributed by atoms with Crippen molar-refractivity contribution in [2.45, 2.75) is 0 Å². The van der Waals surface area contributed by atoms with Crippen LogP contribution in [0.15, 0.2) is 9.81 Å². The third-order valence-electron chi connectivity index (χ3n) is 0.318. The van der Waals surface area contributed by atoms with Gasteiger partial charge >= 0.3 is 5.81 Å². The van der Waals surface area contributed by atoms with Gasteiger partial charge in [0.15, 0.2) is 0 Å². The van der Waals surface area contributed by atoms with E-state index in [0.29, 0.717) is 0 Å². The maximum Gasteiger partial charge on any atom is 0.510 e. The van der Waals surface area contributed by atoms with Crippen LogP contribution in [-0.4, -0.2) is 16.1 Å². The topological polar surface area (TPSA) is 24.7 Å². The fourth-order valence-electron chi connectivity index (χ4n) is 0.116. The Kier molecular flexibility index (Phi) is 5.38. The highest BCUT2D eigenvalue weighted by Crippen LogP contribution is 1.92. The van der Waals surface area contributed by atoms with Gasteiger partial charge in [-0.05, 0) is 24.4 Å². The van der Waals surface area contributed by atoms with Crippen LogP contribution in [-0.2, 0) is 0 Å². The van der Waals surface area contributed by atoms with Gasteiger partial charge in [-0.15, -0.1) is 0 Å². The molecule has 0 aromatic carbocycles. The molecule has 0 amide bonds. The van der Waals surface area contributed by atoms with Gasteiger partial charge in [-0.25, -0.2) is 9.81 Å². The van der Waals surface area contributed by atoms with E-state index in [9.17, 15) is 0 Å². The lowest BCUT2D eigenvalue weighted by molar-refractivity contribution is 1.75. The molecular weight excluding hydrogens is 207 g/mol. The number of hydrogen-bond donors (Lipinski definition) is 0. The lowest BCUT2D eigenvalue weighted by Crippen LogP contribution is -1.90. The number of hydrogen-bond acceptors (Lipinski definition) is 4. The monoisotopic (exact) mass is 206 g/mol. The maximum atomic E-state index is 4.27. The van der Waals surface area contributed by atoms with Gasteiger partial charge in [-0.3, -0.25) is 0 Å². The molecule has 0 aliphatic carbocycles. The minimum Gasteiger partial charge on any atom is -0.249 e. The van der Waals surface area contributed by atoms with Gasteiger partial charge in [0.1, 0.15) is 0 Å². The predicted molar refractivity (Wildman–Crippen MR) is 44.7 cm³/mol. The number of isothiocyanates is 2. The largest absolute Gasteiger partial charge is 0.510 e. The minimum atomic E-state index is -0.405. The fraction of sp³-hybridized carbons (Fsp3) is 0. The Morgan fingerprint density at radius 2 is 1.62 bits per heavy atom. The van der Waals surface area contributed by atoms with Crippen molar-refractivity contribution >= 4 is 56.3 Å². The highest BCUT2D eigenvalue weighted by molar-refractivity contribution is 9.24. The molecule has 0 aliphatic rings. The second-order valence-electron chi connectivity index (χ2n) is 0.751. The van der Waals surface area contributed by atoms with Crippen LogP contribution >= 0.6 is 40.2 Å². The Balaban J connectivity index is 3.82. The van der Waals surface area contributed by atoms with Crippen LogP contribution in [0.2, 0.25) is 0 Å². The van der Waals surface area contributed by atoms with Crippen molar-refractivity contribution in [1.29, 1.82) is 0 Å². The van der Waals surface area contributed by atoms with Crippen molar-refractivity contribution in [3.63, 3.8) is 0 Å². The van der Waals surface area contributed by atoms with E-state index in [1.54, 1.807) is 0 Å². The fourth-order valence-corrected chi connectivity index (χ4v) is 0.791. The Hall–Kier alpha value is 0.145. The second-order valence-corrected chi connectivity index (χ2v) is 1.94. The molecule has 0 bridgehead atoms. The summed E-state index contributed by atoms with van der Waals surface area (Å²) in [5, 5.41) is 4.27. The zero-order chi connectivity index (χ0) is 6.41. The summed E-state index contributed by atoms with van der Waals surface area (Å²) in [6.07, 6.45) is 0. The Bertz CT molecular complexity index is 141. The van der Waals surface area contributed by atoms with Gasteiger partial charge in [0.2, 0.25) is 0 Å². The van der Waals surface area contributed by atoms with Crippen molar-refractivity contribution in [3.8, 4) is 0 Å². The van der Waals surface area contributed by atoms with Crippen LogP contribution < -0.4 is 0 Å². The minimum absolute atomic E-state index is 0.405. The van der Waals surface area contributed by atoms with E-state index in [-0.39, 0.29) is 0 Å². The Morgan fingerprint density at radius 3 is 1.88 bits per heavy atom. The van der Waals surface area contributed by atoms with Gasteiger partial charge in [-0.2, -0.15) is 0 Å². The molecule has 0 saturated carbocycles. The number of thiocarbonyl (C=S) groups is 2. The molecule has 0 fully saturated rings. The molecule has 8 heavy (non-hydrogen) atoms. The Labute approximate surface area is 66.2 Å². The summed E-state index contributed by atoms with van der Waals surface area (Å²) in [6, 6.07) is 0. The molecule has 0 rings (SSSR count). The zero-order valence-corrected chi connectivity index (χ0v) is 6.89. The summed E-state index contributed by atoms with van der Waals surface area (Å²) in [5.41, 5.74) is 0. The second kappa shape index (κ2) is 5.28. The van der Waals surface area contributed by atoms with E-state index in [0.717, 1.165) is 0 Å². The molecule has 2 nitrogen and oxygen atoms in total.